The Balaban J connectivity index is 2.76. The van der Waals surface area contributed by atoms with Crippen molar-refractivity contribution in [2.75, 3.05) is 0 Å². The molecule has 0 atom stereocenters. The number of nitrogens with zero attached hydrogens (tertiary/aromatic N) is 2. The molecule has 3 heteroatoms. The highest BCUT2D eigenvalue weighted by molar-refractivity contribution is 5.04. The van der Waals surface area contributed by atoms with Crippen LogP contribution in [-0.2, 0) is 6.54 Å². The van der Waals surface area contributed by atoms with E-state index in [1.54, 1.807) is 6.07 Å². The summed E-state index contributed by atoms with van der Waals surface area (Å²) in [5.74, 6) is 0.641. The minimum atomic E-state index is 0.292. The van der Waals surface area contributed by atoms with Crippen molar-refractivity contribution in [2.45, 2.75) is 13.5 Å². The summed E-state index contributed by atoms with van der Waals surface area (Å²) < 4.78 is 4.74. The summed E-state index contributed by atoms with van der Waals surface area (Å²) >= 11 is 0. The maximum absolute atomic E-state index is 6.49. The van der Waals surface area contributed by atoms with Gasteiger partial charge in [-0.25, -0.2) is 6.57 Å². The van der Waals surface area contributed by atoms with E-state index in [0.29, 0.717) is 12.3 Å². The first-order chi connectivity index (χ1) is 4.33. The molecule has 0 radical (unpaired) electrons. The van der Waals surface area contributed by atoms with Crippen LogP contribution in [0.15, 0.2) is 10.6 Å². The highest BCUT2D eigenvalue weighted by Crippen LogP contribution is 2.02. The van der Waals surface area contributed by atoms with E-state index in [1.165, 1.54) is 0 Å². The van der Waals surface area contributed by atoms with Crippen LogP contribution < -0.4 is 0 Å². The Kier molecular flexibility index (Phi) is 1.50. The number of aromatic nitrogens is 1. The molecule has 0 amide bonds. The summed E-state index contributed by atoms with van der Waals surface area (Å²) in [5.41, 5.74) is 0.827. The molecule has 0 aromatic carbocycles. The van der Waals surface area contributed by atoms with Gasteiger partial charge >= 0.3 is 0 Å². The average molecular weight is 122 g/mol. The molecule has 0 aliphatic carbocycles. The molecule has 1 heterocycles. The van der Waals surface area contributed by atoms with Gasteiger partial charge in [-0.05, 0) is 6.92 Å². The Hall–Kier alpha value is -1.30. The van der Waals surface area contributed by atoms with Gasteiger partial charge < -0.3 is 9.37 Å². The molecule has 0 fully saturated rings. The molecule has 1 aromatic heterocycles. The van der Waals surface area contributed by atoms with E-state index in [0.717, 1.165) is 5.69 Å². The SMILES string of the molecule is [C-]#[N+]Cc1cc(C)no1. The van der Waals surface area contributed by atoms with Crippen LogP contribution in [0.2, 0.25) is 0 Å². The molecule has 0 saturated carbocycles. The van der Waals surface area contributed by atoms with E-state index >= 15 is 0 Å². The lowest BCUT2D eigenvalue weighted by atomic mass is 10.4. The summed E-state index contributed by atoms with van der Waals surface area (Å²) in [7, 11) is 0. The molecule has 0 aliphatic heterocycles. The standard InChI is InChI=1S/C6H6N2O/c1-5-3-6(4-7-2)9-8-5/h3H,4H2,1H3. The summed E-state index contributed by atoms with van der Waals surface area (Å²) in [6, 6.07) is 1.76. The van der Waals surface area contributed by atoms with E-state index in [1.807, 2.05) is 6.92 Å². The molecule has 0 bridgehead atoms. The monoisotopic (exact) mass is 122 g/mol. The lowest BCUT2D eigenvalue weighted by Crippen LogP contribution is -1.68. The van der Waals surface area contributed by atoms with E-state index in [2.05, 4.69) is 10.0 Å². The predicted octanol–water partition coefficient (Wildman–Crippen LogP) is 1.40. The fourth-order valence-corrected chi connectivity index (χ4v) is 0.569. The third-order valence-corrected chi connectivity index (χ3v) is 0.912. The Morgan fingerprint density at radius 1 is 1.89 bits per heavy atom. The molecule has 1 rings (SSSR count). The maximum atomic E-state index is 6.49. The fourth-order valence-electron chi connectivity index (χ4n) is 0.569. The predicted molar refractivity (Wildman–Crippen MR) is 31.5 cm³/mol. The van der Waals surface area contributed by atoms with Crippen molar-refractivity contribution in [1.29, 1.82) is 0 Å². The first kappa shape index (κ1) is 5.83. The van der Waals surface area contributed by atoms with Crippen LogP contribution in [-0.4, -0.2) is 5.16 Å². The van der Waals surface area contributed by atoms with Gasteiger partial charge in [0.15, 0.2) is 0 Å². The molecular weight excluding hydrogens is 116 g/mol. The van der Waals surface area contributed by atoms with Crippen LogP contribution in [0.3, 0.4) is 0 Å². The summed E-state index contributed by atoms with van der Waals surface area (Å²) in [5, 5.41) is 3.62. The van der Waals surface area contributed by atoms with Crippen molar-refractivity contribution in [2.24, 2.45) is 0 Å². The molecule has 3 nitrogen and oxygen atoms in total. The summed E-state index contributed by atoms with van der Waals surface area (Å²) in [4.78, 5) is 3.14. The molecule has 46 valence electrons. The summed E-state index contributed by atoms with van der Waals surface area (Å²) in [6.45, 7) is 8.61. The highest BCUT2D eigenvalue weighted by Gasteiger charge is 1.99. The first-order valence-corrected chi connectivity index (χ1v) is 2.58. The van der Waals surface area contributed by atoms with Crippen LogP contribution >= 0.6 is 0 Å². The van der Waals surface area contributed by atoms with Gasteiger partial charge in [-0.1, -0.05) is 5.16 Å². The Bertz CT molecular complexity index is 233. The van der Waals surface area contributed by atoms with E-state index in [4.69, 9.17) is 11.1 Å². The lowest BCUT2D eigenvalue weighted by Gasteiger charge is -1.72. The number of rotatable bonds is 1. The number of aryl methyl sites for hydroxylation is 1. The zero-order valence-corrected chi connectivity index (χ0v) is 5.09. The Morgan fingerprint density at radius 3 is 3.11 bits per heavy atom. The maximum Gasteiger partial charge on any atom is 0.274 e. The third-order valence-electron chi connectivity index (χ3n) is 0.912. The van der Waals surface area contributed by atoms with Crippen molar-refractivity contribution in [3.8, 4) is 0 Å². The molecule has 0 unspecified atom stereocenters. The van der Waals surface area contributed by atoms with Gasteiger partial charge in [-0.3, -0.25) is 0 Å². The molecule has 0 saturated heterocycles. The minimum Gasteiger partial charge on any atom is -0.353 e. The Labute approximate surface area is 53.1 Å². The molecule has 0 aliphatic rings. The van der Waals surface area contributed by atoms with Gasteiger partial charge in [0.1, 0.15) is 0 Å². The third kappa shape index (κ3) is 1.29. The Morgan fingerprint density at radius 2 is 2.67 bits per heavy atom. The molecular formula is C6H6N2O. The number of hydrogen-bond donors (Lipinski definition) is 0. The van der Waals surface area contributed by atoms with E-state index in [-0.39, 0.29) is 0 Å². The van der Waals surface area contributed by atoms with Gasteiger partial charge in [0.25, 0.3) is 6.54 Å². The van der Waals surface area contributed by atoms with Crippen LogP contribution in [0.4, 0.5) is 0 Å². The first-order valence-electron chi connectivity index (χ1n) is 2.58. The van der Waals surface area contributed by atoms with Crippen LogP contribution in [0.5, 0.6) is 0 Å². The molecule has 9 heavy (non-hydrogen) atoms. The fraction of sp³-hybridized carbons (Fsp3) is 0.333. The van der Waals surface area contributed by atoms with Crippen LogP contribution in [0, 0.1) is 13.5 Å². The topological polar surface area (TPSA) is 30.4 Å². The largest absolute Gasteiger partial charge is 0.353 e. The van der Waals surface area contributed by atoms with Crippen molar-refractivity contribution in [3.05, 3.63) is 28.9 Å². The van der Waals surface area contributed by atoms with Crippen molar-refractivity contribution in [1.82, 2.24) is 5.16 Å². The quantitative estimate of drug-likeness (QED) is 0.527. The molecule has 0 spiro atoms. The van der Waals surface area contributed by atoms with Crippen molar-refractivity contribution < 1.29 is 4.52 Å². The van der Waals surface area contributed by atoms with Gasteiger partial charge in [0.2, 0.25) is 5.76 Å². The zero-order chi connectivity index (χ0) is 6.69. The highest BCUT2D eigenvalue weighted by atomic mass is 16.5. The molecule has 1 aromatic rings. The second-order valence-corrected chi connectivity index (χ2v) is 1.75. The minimum absolute atomic E-state index is 0.292. The zero-order valence-electron chi connectivity index (χ0n) is 5.09. The van der Waals surface area contributed by atoms with Crippen molar-refractivity contribution >= 4 is 0 Å². The smallest absolute Gasteiger partial charge is 0.274 e. The lowest BCUT2D eigenvalue weighted by molar-refractivity contribution is 0.386. The van der Waals surface area contributed by atoms with Crippen LogP contribution in [0.1, 0.15) is 11.5 Å². The second kappa shape index (κ2) is 2.31. The van der Waals surface area contributed by atoms with E-state index < -0.39 is 0 Å². The van der Waals surface area contributed by atoms with E-state index in [9.17, 15) is 0 Å². The second-order valence-electron chi connectivity index (χ2n) is 1.75. The van der Waals surface area contributed by atoms with Crippen LogP contribution in [0.25, 0.3) is 4.85 Å². The van der Waals surface area contributed by atoms with Gasteiger partial charge in [-0.15, -0.1) is 0 Å². The normalized spacial score (nSPS) is 8.89. The van der Waals surface area contributed by atoms with Gasteiger partial charge in [0, 0.05) is 6.07 Å². The molecule has 0 N–H and O–H groups in total. The van der Waals surface area contributed by atoms with Gasteiger partial charge in [-0.2, -0.15) is 0 Å². The van der Waals surface area contributed by atoms with Crippen molar-refractivity contribution in [3.63, 3.8) is 0 Å². The number of hydrogen-bond acceptors (Lipinski definition) is 2. The van der Waals surface area contributed by atoms with Gasteiger partial charge in [0.05, 0.1) is 5.69 Å². The summed E-state index contributed by atoms with van der Waals surface area (Å²) in [6.07, 6.45) is 0. The average Bonchev–Trinajstić information content (AvgIpc) is 2.17.